The molecule has 12 heteroatoms. The molecule has 10 nitrogen and oxygen atoms in total. The standard InChI is InChI=1S/C27H38Cl2N6O4/c1-6-18(2)14-19(3)35(4)34-23(20-15-21(28)17-22(29)16-20)9-12-39-13-10-25(36)33-24(26(37)38-5)8-7-11-32-27(30)31/h6,9,12,14-17,24H,7-8,10-11,13H2,1-5H3,(H,33,36)(H4,30,31,32)/b12-9+,18-6+,19-14+,34-23+/t24-/m0/s1. The molecule has 1 aromatic carbocycles. The maximum atomic E-state index is 12.4. The van der Waals surface area contributed by atoms with Crippen molar-refractivity contribution in [1.82, 2.24) is 10.3 Å². The van der Waals surface area contributed by atoms with Crippen molar-refractivity contribution in [3.63, 3.8) is 0 Å². The third-order valence-corrected chi connectivity index (χ3v) is 5.79. The lowest BCUT2D eigenvalue weighted by Gasteiger charge is -2.16. The number of nitrogens with zero attached hydrogens (tertiary/aromatic N) is 3. The van der Waals surface area contributed by atoms with E-state index in [1.807, 2.05) is 40.0 Å². The van der Waals surface area contributed by atoms with Gasteiger partial charge in [0.25, 0.3) is 0 Å². The Balaban J connectivity index is 2.87. The second-order valence-corrected chi connectivity index (χ2v) is 9.37. The van der Waals surface area contributed by atoms with Crippen molar-refractivity contribution in [2.45, 2.75) is 46.1 Å². The van der Waals surface area contributed by atoms with E-state index in [0.717, 1.165) is 11.3 Å². The van der Waals surface area contributed by atoms with Crippen LogP contribution < -0.4 is 16.8 Å². The summed E-state index contributed by atoms with van der Waals surface area (Å²) in [4.78, 5) is 28.3. The van der Waals surface area contributed by atoms with E-state index in [9.17, 15) is 9.59 Å². The van der Waals surface area contributed by atoms with E-state index in [0.29, 0.717) is 40.7 Å². The molecule has 0 aliphatic heterocycles. The molecule has 0 radical (unpaired) electrons. The van der Waals surface area contributed by atoms with Gasteiger partial charge in [-0.1, -0.05) is 34.9 Å². The van der Waals surface area contributed by atoms with Crippen molar-refractivity contribution >= 4 is 46.7 Å². The Morgan fingerprint density at radius 2 is 1.85 bits per heavy atom. The van der Waals surface area contributed by atoms with Crippen molar-refractivity contribution < 1.29 is 19.1 Å². The van der Waals surface area contributed by atoms with Gasteiger partial charge in [-0.3, -0.25) is 14.8 Å². The van der Waals surface area contributed by atoms with Crippen LogP contribution in [-0.4, -0.2) is 61.9 Å². The fourth-order valence-corrected chi connectivity index (χ4v) is 3.66. The number of nitrogens with two attached hydrogens (primary N) is 2. The van der Waals surface area contributed by atoms with Crippen molar-refractivity contribution in [3.05, 3.63) is 69.6 Å². The number of esters is 1. The van der Waals surface area contributed by atoms with Crippen LogP contribution in [0.5, 0.6) is 0 Å². The molecule has 0 unspecified atom stereocenters. The topological polar surface area (TPSA) is 145 Å². The maximum absolute atomic E-state index is 12.4. The monoisotopic (exact) mass is 580 g/mol. The van der Waals surface area contributed by atoms with Crippen LogP contribution in [-0.2, 0) is 19.1 Å². The number of ether oxygens (including phenoxy) is 2. The van der Waals surface area contributed by atoms with Gasteiger partial charge in [-0.2, -0.15) is 5.10 Å². The summed E-state index contributed by atoms with van der Waals surface area (Å²) in [5.41, 5.74) is 13.9. The van der Waals surface area contributed by atoms with Gasteiger partial charge in [-0.15, -0.1) is 0 Å². The molecular formula is C27H38Cl2N6O4. The summed E-state index contributed by atoms with van der Waals surface area (Å²) in [6.07, 6.45) is 7.95. The molecule has 1 atom stereocenters. The normalized spacial score (nSPS) is 13.2. The molecule has 0 aliphatic rings. The molecule has 214 valence electrons. The molecule has 0 aliphatic carbocycles. The minimum atomic E-state index is -0.809. The van der Waals surface area contributed by atoms with E-state index in [1.165, 1.54) is 13.4 Å². The molecule has 0 spiro atoms. The molecule has 5 N–H and O–H groups in total. The first-order valence-corrected chi connectivity index (χ1v) is 13.0. The number of nitrogens with one attached hydrogen (secondary N) is 1. The van der Waals surface area contributed by atoms with E-state index in [1.54, 1.807) is 29.3 Å². The van der Waals surface area contributed by atoms with E-state index in [4.69, 9.17) is 44.1 Å². The first-order valence-electron chi connectivity index (χ1n) is 12.3. The number of amides is 1. The molecule has 1 aromatic rings. The highest BCUT2D eigenvalue weighted by atomic mass is 35.5. The van der Waals surface area contributed by atoms with Gasteiger partial charge < -0.3 is 26.3 Å². The smallest absolute Gasteiger partial charge is 0.328 e. The zero-order chi connectivity index (χ0) is 29.4. The van der Waals surface area contributed by atoms with Gasteiger partial charge in [0.05, 0.1) is 32.1 Å². The number of methoxy groups -OCH3 is 1. The fourth-order valence-electron chi connectivity index (χ4n) is 3.13. The molecule has 0 fully saturated rings. The van der Waals surface area contributed by atoms with Gasteiger partial charge in [0.2, 0.25) is 5.91 Å². The molecule has 1 rings (SSSR count). The lowest BCUT2D eigenvalue weighted by atomic mass is 10.1. The number of carbonyl (C=O) groups excluding carboxylic acids is 2. The van der Waals surface area contributed by atoms with Crippen molar-refractivity contribution in [2.75, 3.05) is 27.3 Å². The van der Waals surface area contributed by atoms with E-state index in [-0.39, 0.29) is 24.9 Å². The molecule has 0 saturated heterocycles. The van der Waals surface area contributed by atoms with Crippen LogP contribution in [0.3, 0.4) is 0 Å². The van der Waals surface area contributed by atoms with Gasteiger partial charge in [0, 0.05) is 41.0 Å². The minimum Gasteiger partial charge on any atom is -0.501 e. The third kappa shape index (κ3) is 13.7. The zero-order valence-corrected chi connectivity index (χ0v) is 24.6. The Kier molecular flexibility index (Phi) is 15.4. The van der Waals surface area contributed by atoms with Crippen molar-refractivity contribution in [2.24, 2.45) is 21.6 Å². The molecule has 0 saturated carbocycles. The number of hydrazone groups is 1. The molecule has 0 bridgehead atoms. The highest BCUT2D eigenvalue weighted by molar-refractivity contribution is 6.35. The van der Waals surface area contributed by atoms with Crippen LogP contribution in [0, 0.1) is 0 Å². The van der Waals surface area contributed by atoms with Crippen LogP contribution in [0.15, 0.2) is 64.1 Å². The van der Waals surface area contributed by atoms with Crippen molar-refractivity contribution in [3.8, 4) is 0 Å². The predicted molar refractivity (Wildman–Crippen MR) is 158 cm³/mol. The van der Waals surface area contributed by atoms with Gasteiger partial charge in [-0.25, -0.2) is 4.79 Å². The first kappa shape index (κ1) is 33.5. The van der Waals surface area contributed by atoms with E-state index >= 15 is 0 Å². The summed E-state index contributed by atoms with van der Waals surface area (Å²) in [6, 6.07) is 4.31. The molecule has 0 heterocycles. The number of guanidine groups is 1. The Hall–Kier alpha value is -3.50. The van der Waals surface area contributed by atoms with E-state index in [2.05, 4.69) is 15.4 Å². The highest BCUT2D eigenvalue weighted by Crippen LogP contribution is 2.21. The molecule has 0 aromatic heterocycles. The molecule has 39 heavy (non-hydrogen) atoms. The minimum absolute atomic E-state index is 0.0194. The number of hydrogen-bond donors (Lipinski definition) is 3. The summed E-state index contributed by atoms with van der Waals surface area (Å²) < 4.78 is 10.3. The molecule has 1 amide bonds. The number of benzene rings is 1. The van der Waals surface area contributed by atoms with Crippen LogP contribution in [0.25, 0.3) is 0 Å². The lowest BCUT2D eigenvalue weighted by molar-refractivity contribution is -0.145. The Morgan fingerprint density at radius 1 is 1.18 bits per heavy atom. The largest absolute Gasteiger partial charge is 0.501 e. The molecular weight excluding hydrogens is 543 g/mol. The average Bonchev–Trinajstić information content (AvgIpc) is 2.87. The number of hydrogen-bond acceptors (Lipinski definition) is 7. The van der Waals surface area contributed by atoms with Crippen LogP contribution >= 0.6 is 23.2 Å². The van der Waals surface area contributed by atoms with Crippen LogP contribution in [0.2, 0.25) is 10.0 Å². The average molecular weight is 582 g/mol. The van der Waals surface area contributed by atoms with Crippen molar-refractivity contribution in [1.29, 1.82) is 0 Å². The van der Waals surface area contributed by atoms with E-state index < -0.39 is 12.0 Å². The summed E-state index contributed by atoms with van der Waals surface area (Å²) >= 11 is 12.4. The summed E-state index contributed by atoms with van der Waals surface area (Å²) in [5.74, 6) is -0.948. The number of rotatable bonds is 15. The number of allylic oxidation sites excluding steroid dienone is 5. The Labute approximate surface area is 240 Å². The second kappa shape index (κ2) is 17.9. The summed E-state index contributed by atoms with van der Waals surface area (Å²) in [6.45, 7) is 6.32. The number of carbonyl (C=O) groups is 2. The van der Waals surface area contributed by atoms with Gasteiger partial charge in [-0.05, 0) is 57.9 Å². The summed E-state index contributed by atoms with van der Waals surface area (Å²) in [7, 11) is 3.09. The third-order valence-electron chi connectivity index (χ3n) is 5.35. The van der Waals surface area contributed by atoms with Gasteiger partial charge >= 0.3 is 5.97 Å². The van der Waals surface area contributed by atoms with Gasteiger partial charge in [0.1, 0.15) is 6.04 Å². The van der Waals surface area contributed by atoms with Crippen LogP contribution in [0.4, 0.5) is 0 Å². The first-order chi connectivity index (χ1) is 18.5. The second-order valence-electron chi connectivity index (χ2n) is 8.50. The number of aliphatic imine (C=N–C) groups is 1. The SMILES string of the molecule is C/C=C(C)/C=C(\C)N(C)/N=C(\C=C\OCCC(=O)N[C@@H](CCCN=C(N)N)C(=O)OC)c1cc(Cl)cc(Cl)c1. The lowest BCUT2D eigenvalue weighted by Crippen LogP contribution is -2.41. The predicted octanol–water partition coefficient (Wildman–Crippen LogP) is 4.13. The maximum Gasteiger partial charge on any atom is 0.328 e. The highest BCUT2D eigenvalue weighted by Gasteiger charge is 2.20. The zero-order valence-electron chi connectivity index (χ0n) is 23.0. The Morgan fingerprint density at radius 3 is 2.44 bits per heavy atom. The van der Waals surface area contributed by atoms with Crippen LogP contribution in [0.1, 0.15) is 45.6 Å². The Bertz CT molecular complexity index is 1110. The quantitative estimate of drug-likeness (QED) is 0.0537. The van der Waals surface area contributed by atoms with Gasteiger partial charge in [0.15, 0.2) is 5.96 Å². The fraction of sp³-hybridized carbons (Fsp3) is 0.407. The number of halogens is 2. The summed E-state index contributed by atoms with van der Waals surface area (Å²) in [5, 5.41) is 10.00.